The molecule has 5 heteroatoms. The molecule has 0 amide bonds. The van der Waals surface area contributed by atoms with Crippen LogP contribution in [0.2, 0.25) is 15.1 Å². The molecule has 2 N–H and O–H groups in total. The van der Waals surface area contributed by atoms with E-state index >= 15 is 0 Å². The molecule has 0 aliphatic rings. The highest BCUT2D eigenvalue weighted by molar-refractivity contribution is 9.10. The van der Waals surface area contributed by atoms with Gasteiger partial charge in [-0.05, 0) is 47.9 Å². The van der Waals surface area contributed by atoms with Crippen molar-refractivity contribution in [3.05, 3.63) is 67.1 Å². The van der Waals surface area contributed by atoms with Crippen LogP contribution in [-0.2, 0) is 6.42 Å². The highest BCUT2D eigenvalue weighted by atomic mass is 79.9. The molecule has 1 atom stereocenters. The van der Waals surface area contributed by atoms with E-state index in [9.17, 15) is 0 Å². The molecule has 2 aromatic carbocycles. The zero-order valence-corrected chi connectivity index (χ0v) is 13.7. The van der Waals surface area contributed by atoms with Crippen LogP contribution in [0.1, 0.15) is 17.2 Å². The zero-order valence-electron chi connectivity index (χ0n) is 9.84. The van der Waals surface area contributed by atoms with Crippen molar-refractivity contribution in [2.75, 3.05) is 0 Å². The van der Waals surface area contributed by atoms with Gasteiger partial charge in [-0.25, -0.2) is 0 Å². The average Bonchev–Trinajstić information content (AvgIpc) is 2.31. The van der Waals surface area contributed by atoms with Crippen molar-refractivity contribution in [1.82, 2.24) is 0 Å². The van der Waals surface area contributed by atoms with Gasteiger partial charge in [-0.15, -0.1) is 0 Å². The Hall–Kier alpha value is -0.250. The Morgan fingerprint density at radius 3 is 2.37 bits per heavy atom. The van der Waals surface area contributed by atoms with Crippen LogP contribution in [0.4, 0.5) is 0 Å². The minimum atomic E-state index is -0.173. The maximum atomic E-state index is 6.20. The van der Waals surface area contributed by atoms with Crippen molar-refractivity contribution < 1.29 is 0 Å². The molecular weight excluding hydrogens is 368 g/mol. The van der Waals surface area contributed by atoms with Gasteiger partial charge in [0.05, 0.1) is 0 Å². The Kier molecular flexibility index (Phi) is 5.15. The summed E-state index contributed by atoms with van der Waals surface area (Å²) in [6.45, 7) is 0. The van der Waals surface area contributed by atoms with Crippen LogP contribution in [0.25, 0.3) is 0 Å². The molecule has 0 spiro atoms. The second-order valence-electron chi connectivity index (χ2n) is 4.25. The molecule has 0 heterocycles. The maximum absolute atomic E-state index is 6.20. The van der Waals surface area contributed by atoms with E-state index in [0.29, 0.717) is 21.5 Å². The molecule has 0 aliphatic carbocycles. The molecule has 0 saturated heterocycles. The van der Waals surface area contributed by atoms with Gasteiger partial charge in [0.25, 0.3) is 0 Å². The monoisotopic (exact) mass is 377 g/mol. The maximum Gasteiger partial charge on any atom is 0.0453 e. The summed E-state index contributed by atoms with van der Waals surface area (Å²) in [6.07, 6.45) is 0.628. The fraction of sp³-hybridized carbons (Fsp3) is 0.143. The van der Waals surface area contributed by atoms with Crippen molar-refractivity contribution >= 4 is 50.7 Å². The van der Waals surface area contributed by atoms with Crippen LogP contribution in [0.15, 0.2) is 40.9 Å². The van der Waals surface area contributed by atoms with E-state index in [2.05, 4.69) is 15.9 Å². The lowest BCUT2D eigenvalue weighted by molar-refractivity contribution is 0.721. The lowest BCUT2D eigenvalue weighted by atomic mass is 10.00. The standard InChI is InChI=1S/C14H11BrCl3N/c15-10-3-9(4-12(17)6-10)14(19)5-8-1-2-11(16)7-13(8)18/h1-4,6-7,14H,5,19H2. The normalized spacial score (nSPS) is 12.5. The van der Waals surface area contributed by atoms with E-state index in [1.54, 1.807) is 6.07 Å². The molecule has 0 saturated carbocycles. The van der Waals surface area contributed by atoms with E-state index < -0.39 is 0 Å². The summed E-state index contributed by atoms with van der Waals surface area (Å²) >= 11 is 21.4. The first kappa shape index (κ1) is 15.1. The summed E-state index contributed by atoms with van der Waals surface area (Å²) < 4.78 is 0.910. The Bertz CT molecular complexity index is 581. The number of hydrogen-bond donors (Lipinski definition) is 1. The van der Waals surface area contributed by atoms with E-state index in [1.165, 1.54) is 0 Å². The van der Waals surface area contributed by atoms with Crippen molar-refractivity contribution in [2.24, 2.45) is 5.73 Å². The van der Waals surface area contributed by atoms with Gasteiger partial charge in [-0.2, -0.15) is 0 Å². The fourth-order valence-corrected chi connectivity index (χ4v) is 3.20. The van der Waals surface area contributed by atoms with Crippen molar-refractivity contribution in [1.29, 1.82) is 0 Å². The summed E-state index contributed by atoms with van der Waals surface area (Å²) in [5, 5.41) is 1.90. The summed E-state index contributed by atoms with van der Waals surface area (Å²) in [5.41, 5.74) is 8.13. The topological polar surface area (TPSA) is 26.0 Å². The zero-order chi connectivity index (χ0) is 14.0. The smallest absolute Gasteiger partial charge is 0.0453 e. The predicted molar refractivity (Wildman–Crippen MR) is 86.2 cm³/mol. The summed E-state index contributed by atoms with van der Waals surface area (Å²) in [4.78, 5) is 0. The second-order valence-corrected chi connectivity index (χ2v) is 6.44. The van der Waals surface area contributed by atoms with E-state index in [-0.39, 0.29) is 6.04 Å². The van der Waals surface area contributed by atoms with Crippen LogP contribution >= 0.6 is 50.7 Å². The number of benzene rings is 2. The van der Waals surface area contributed by atoms with Gasteiger partial charge >= 0.3 is 0 Å². The molecule has 0 aliphatic heterocycles. The van der Waals surface area contributed by atoms with Crippen molar-refractivity contribution in [3.63, 3.8) is 0 Å². The van der Waals surface area contributed by atoms with Gasteiger partial charge in [0, 0.05) is 25.6 Å². The van der Waals surface area contributed by atoms with Gasteiger partial charge in [0.15, 0.2) is 0 Å². The molecule has 1 unspecified atom stereocenters. The quantitative estimate of drug-likeness (QED) is 0.732. The molecule has 1 nitrogen and oxygen atoms in total. The molecule has 0 aromatic heterocycles. The third-order valence-corrected chi connectivity index (χ3v) is 4.03. The fourth-order valence-electron chi connectivity index (χ4n) is 1.83. The summed E-state index contributed by atoms with van der Waals surface area (Å²) in [6, 6.07) is 10.9. The molecule has 0 bridgehead atoms. The average molecular weight is 380 g/mol. The van der Waals surface area contributed by atoms with E-state index in [0.717, 1.165) is 15.6 Å². The SMILES string of the molecule is NC(Cc1ccc(Cl)cc1Cl)c1cc(Cl)cc(Br)c1. The van der Waals surface area contributed by atoms with Crippen molar-refractivity contribution in [2.45, 2.75) is 12.5 Å². The first-order valence-corrected chi connectivity index (χ1v) is 7.54. The van der Waals surface area contributed by atoms with Crippen LogP contribution < -0.4 is 5.73 Å². The van der Waals surface area contributed by atoms with Gasteiger partial charge < -0.3 is 5.73 Å². The number of halogens is 4. The second kappa shape index (κ2) is 6.47. The third-order valence-electron chi connectivity index (χ3n) is 2.77. The number of rotatable bonds is 3. The van der Waals surface area contributed by atoms with E-state index in [4.69, 9.17) is 40.5 Å². The predicted octanol–water partition coefficient (Wildman–Crippen LogP) is 5.65. The van der Waals surface area contributed by atoms with E-state index in [1.807, 2.05) is 30.3 Å². The Balaban J connectivity index is 2.22. The molecular formula is C14H11BrCl3N. The first-order chi connectivity index (χ1) is 8.95. The molecule has 0 radical (unpaired) electrons. The van der Waals surface area contributed by atoms with Gasteiger partial charge in [0.1, 0.15) is 0 Å². The highest BCUT2D eigenvalue weighted by Crippen LogP contribution is 2.28. The van der Waals surface area contributed by atoms with Gasteiger partial charge in [0.2, 0.25) is 0 Å². The molecule has 2 aromatic rings. The van der Waals surface area contributed by atoms with Gasteiger partial charge in [-0.1, -0.05) is 56.8 Å². The van der Waals surface area contributed by atoms with Crippen LogP contribution in [-0.4, -0.2) is 0 Å². The summed E-state index contributed by atoms with van der Waals surface area (Å²) in [7, 11) is 0. The molecule has 100 valence electrons. The first-order valence-electron chi connectivity index (χ1n) is 5.61. The lowest BCUT2D eigenvalue weighted by Crippen LogP contribution is -2.13. The number of nitrogens with two attached hydrogens (primary N) is 1. The lowest BCUT2D eigenvalue weighted by Gasteiger charge is -2.14. The minimum absolute atomic E-state index is 0.173. The molecule has 2 rings (SSSR count). The largest absolute Gasteiger partial charge is 0.324 e. The minimum Gasteiger partial charge on any atom is -0.324 e. The Morgan fingerprint density at radius 2 is 1.74 bits per heavy atom. The van der Waals surface area contributed by atoms with Crippen LogP contribution in [0.5, 0.6) is 0 Å². The number of hydrogen-bond acceptors (Lipinski definition) is 1. The third kappa shape index (κ3) is 4.11. The van der Waals surface area contributed by atoms with Gasteiger partial charge in [-0.3, -0.25) is 0 Å². The highest BCUT2D eigenvalue weighted by Gasteiger charge is 2.11. The van der Waals surface area contributed by atoms with Crippen LogP contribution in [0, 0.1) is 0 Å². The molecule has 19 heavy (non-hydrogen) atoms. The Labute approximate surface area is 135 Å². The summed E-state index contributed by atoms with van der Waals surface area (Å²) in [5.74, 6) is 0. The van der Waals surface area contributed by atoms with Crippen molar-refractivity contribution in [3.8, 4) is 0 Å². The Morgan fingerprint density at radius 1 is 1.00 bits per heavy atom. The van der Waals surface area contributed by atoms with Crippen LogP contribution in [0.3, 0.4) is 0 Å². The molecule has 0 fully saturated rings.